The second-order valence-corrected chi connectivity index (χ2v) is 3.90. The third-order valence-corrected chi connectivity index (χ3v) is 2.72. The second kappa shape index (κ2) is 6.47. The van der Waals surface area contributed by atoms with Gasteiger partial charge in [0.1, 0.15) is 5.75 Å². The number of amides is 1. The zero-order valence-electron chi connectivity index (χ0n) is 9.52. The van der Waals surface area contributed by atoms with Crippen molar-refractivity contribution < 1.29 is 9.53 Å². The van der Waals surface area contributed by atoms with Gasteiger partial charge in [0.05, 0.1) is 6.61 Å². The fraction of sp³-hybridized carbons (Fsp3) is 0.417. The minimum Gasteiger partial charge on any atom is -0.493 e. The first-order valence-corrected chi connectivity index (χ1v) is 5.51. The normalized spacial score (nSPS) is 17.5. The van der Waals surface area contributed by atoms with E-state index in [9.17, 15) is 4.79 Å². The number of fused-ring (bicyclic) bond motifs is 1. The van der Waals surface area contributed by atoms with E-state index in [1.165, 1.54) is 5.56 Å². The Morgan fingerprint density at radius 1 is 1.47 bits per heavy atom. The molecule has 1 aromatic carbocycles. The van der Waals surface area contributed by atoms with E-state index in [2.05, 4.69) is 11.4 Å². The minimum absolute atomic E-state index is 0. The Balaban J connectivity index is 0.00000144. The molecule has 1 aliphatic rings. The van der Waals surface area contributed by atoms with Crippen LogP contribution in [0.5, 0.6) is 5.75 Å². The van der Waals surface area contributed by atoms with Crippen LogP contribution in [0.3, 0.4) is 0 Å². The number of benzene rings is 1. The molecular weight excluding hydrogens is 240 g/mol. The molecule has 0 aromatic heterocycles. The number of ether oxygens (including phenoxy) is 1. The number of hydrogen-bond donors (Lipinski definition) is 2. The van der Waals surface area contributed by atoms with Gasteiger partial charge in [0.15, 0.2) is 0 Å². The molecule has 0 saturated carbocycles. The van der Waals surface area contributed by atoms with Crippen LogP contribution in [0.15, 0.2) is 24.3 Å². The molecule has 5 heteroatoms. The van der Waals surface area contributed by atoms with Crippen LogP contribution in [-0.4, -0.2) is 19.1 Å². The summed E-state index contributed by atoms with van der Waals surface area (Å²) in [6.07, 6.45) is 1.30. The molecule has 0 bridgehead atoms. The Hall–Kier alpha value is -1.26. The fourth-order valence-electron chi connectivity index (χ4n) is 1.92. The molecule has 0 spiro atoms. The van der Waals surface area contributed by atoms with E-state index in [0.717, 1.165) is 12.2 Å². The second-order valence-electron chi connectivity index (χ2n) is 3.90. The smallest absolute Gasteiger partial charge is 0.218 e. The molecule has 0 radical (unpaired) electrons. The molecule has 4 nitrogen and oxygen atoms in total. The van der Waals surface area contributed by atoms with Gasteiger partial charge in [-0.1, -0.05) is 18.2 Å². The number of nitrogens with two attached hydrogens (primary N) is 1. The lowest BCUT2D eigenvalue weighted by Crippen LogP contribution is -2.29. The van der Waals surface area contributed by atoms with Gasteiger partial charge in [0.25, 0.3) is 0 Å². The zero-order valence-corrected chi connectivity index (χ0v) is 10.3. The number of carbonyl (C=O) groups is 1. The van der Waals surface area contributed by atoms with Crippen molar-refractivity contribution in [1.82, 2.24) is 5.32 Å². The summed E-state index contributed by atoms with van der Waals surface area (Å²) in [6.45, 7) is 1.33. The highest BCUT2D eigenvalue weighted by Gasteiger charge is 2.19. The van der Waals surface area contributed by atoms with Crippen LogP contribution in [0.4, 0.5) is 0 Å². The van der Waals surface area contributed by atoms with Gasteiger partial charge in [-0.2, -0.15) is 0 Å². The predicted octanol–water partition coefficient (Wildman–Crippen LogP) is 1.40. The fourth-order valence-corrected chi connectivity index (χ4v) is 1.92. The molecule has 1 aliphatic heterocycles. The maximum Gasteiger partial charge on any atom is 0.218 e. The van der Waals surface area contributed by atoms with Crippen molar-refractivity contribution in [2.45, 2.75) is 18.9 Å². The molecule has 17 heavy (non-hydrogen) atoms. The first-order valence-electron chi connectivity index (χ1n) is 5.51. The van der Waals surface area contributed by atoms with Gasteiger partial charge in [0.2, 0.25) is 5.91 Å². The van der Waals surface area contributed by atoms with Crippen LogP contribution in [0, 0.1) is 0 Å². The summed E-state index contributed by atoms with van der Waals surface area (Å²) in [5.41, 5.74) is 6.26. The number of rotatable bonds is 4. The van der Waals surface area contributed by atoms with E-state index in [1.54, 1.807) is 0 Å². The van der Waals surface area contributed by atoms with Gasteiger partial charge in [-0.3, -0.25) is 4.79 Å². The molecule has 94 valence electrons. The molecule has 0 aliphatic carbocycles. The van der Waals surface area contributed by atoms with E-state index >= 15 is 0 Å². The largest absolute Gasteiger partial charge is 0.493 e. The van der Waals surface area contributed by atoms with Gasteiger partial charge in [-0.15, -0.1) is 12.4 Å². The van der Waals surface area contributed by atoms with Crippen LogP contribution >= 0.6 is 12.4 Å². The molecule has 2 rings (SSSR count). The van der Waals surface area contributed by atoms with Crippen molar-refractivity contribution >= 4 is 18.3 Å². The number of carbonyl (C=O) groups excluding carboxylic acids is 1. The van der Waals surface area contributed by atoms with E-state index in [1.807, 2.05) is 18.2 Å². The topological polar surface area (TPSA) is 64.4 Å². The average Bonchev–Trinajstić information content (AvgIpc) is 2.29. The van der Waals surface area contributed by atoms with Gasteiger partial charge < -0.3 is 15.8 Å². The Labute approximate surface area is 107 Å². The lowest BCUT2D eigenvalue weighted by Gasteiger charge is -2.26. The average molecular weight is 257 g/mol. The van der Waals surface area contributed by atoms with Crippen molar-refractivity contribution in [1.29, 1.82) is 0 Å². The molecule has 3 N–H and O–H groups in total. The monoisotopic (exact) mass is 256 g/mol. The van der Waals surface area contributed by atoms with E-state index in [4.69, 9.17) is 10.5 Å². The molecule has 1 aromatic rings. The minimum atomic E-state index is -0.271. The van der Waals surface area contributed by atoms with Crippen molar-refractivity contribution in [3.63, 3.8) is 0 Å². The number of hydrogen-bond acceptors (Lipinski definition) is 3. The Morgan fingerprint density at radius 2 is 2.24 bits per heavy atom. The number of nitrogens with one attached hydrogen (secondary N) is 1. The highest BCUT2D eigenvalue weighted by atomic mass is 35.5. The molecule has 1 atom stereocenters. The SMILES string of the molecule is Cl.NC(=O)CCNC1CCOc2ccccc21. The lowest BCUT2D eigenvalue weighted by molar-refractivity contribution is -0.117. The zero-order chi connectivity index (χ0) is 11.4. The Kier molecular flexibility index (Phi) is 5.25. The number of primary amides is 1. The van der Waals surface area contributed by atoms with E-state index in [0.29, 0.717) is 19.6 Å². The van der Waals surface area contributed by atoms with Crippen LogP contribution in [-0.2, 0) is 4.79 Å². The summed E-state index contributed by atoms with van der Waals surface area (Å²) in [7, 11) is 0. The van der Waals surface area contributed by atoms with Crippen molar-refractivity contribution in [2.75, 3.05) is 13.2 Å². The first-order chi connectivity index (χ1) is 7.77. The molecule has 0 saturated heterocycles. The van der Waals surface area contributed by atoms with Crippen LogP contribution in [0.1, 0.15) is 24.4 Å². The van der Waals surface area contributed by atoms with Gasteiger partial charge >= 0.3 is 0 Å². The van der Waals surface area contributed by atoms with Crippen molar-refractivity contribution in [3.8, 4) is 5.75 Å². The Morgan fingerprint density at radius 3 is 3.00 bits per heavy atom. The highest BCUT2D eigenvalue weighted by molar-refractivity contribution is 5.85. The standard InChI is InChI=1S/C12H16N2O2.ClH/c13-12(15)5-7-14-10-6-8-16-11-4-2-1-3-9(10)11;/h1-4,10,14H,5-8H2,(H2,13,15);1H. The summed E-state index contributed by atoms with van der Waals surface area (Å²) in [5.74, 6) is 0.665. The van der Waals surface area contributed by atoms with Crippen LogP contribution in [0.25, 0.3) is 0 Å². The molecule has 1 amide bonds. The van der Waals surface area contributed by atoms with Crippen LogP contribution < -0.4 is 15.8 Å². The lowest BCUT2D eigenvalue weighted by atomic mass is 10.0. The summed E-state index contributed by atoms with van der Waals surface area (Å²) in [6, 6.07) is 8.25. The van der Waals surface area contributed by atoms with Crippen molar-refractivity contribution in [2.24, 2.45) is 5.73 Å². The quantitative estimate of drug-likeness (QED) is 0.856. The molecule has 1 heterocycles. The van der Waals surface area contributed by atoms with E-state index in [-0.39, 0.29) is 24.4 Å². The summed E-state index contributed by atoms with van der Waals surface area (Å²) in [5, 5.41) is 3.33. The summed E-state index contributed by atoms with van der Waals surface area (Å²) < 4.78 is 5.55. The maximum atomic E-state index is 10.6. The maximum absolute atomic E-state index is 10.6. The van der Waals surface area contributed by atoms with Gasteiger partial charge in [-0.25, -0.2) is 0 Å². The number of para-hydroxylation sites is 1. The van der Waals surface area contributed by atoms with Gasteiger partial charge in [0, 0.05) is 31.0 Å². The van der Waals surface area contributed by atoms with Crippen LogP contribution in [0.2, 0.25) is 0 Å². The molecule has 1 unspecified atom stereocenters. The molecule has 0 fully saturated rings. The predicted molar refractivity (Wildman–Crippen MR) is 68.4 cm³/mol. The van der Waals surface area contributed by atoms with Gasteiger partial charge in [-0.05, 0) is 6.07 Å². The first kappa shape index (κ1) is 13.8. The van der Waals surface area contributed by atoms with E-state index < -0.39 is 0 Å². The third kappa shape index (κ3) is 3.61. The summed E-state index contributed by atoms with van der Waals surface area (Å²) >= 11 is 0. The molecular formula is C12H17ClN2O2. The Bertz CT molecular complexity index is 385. The summed E-state index contributed by atoms with van der Waals surface area (Å²) in [4.78, 5) is 10.6. The third-order valence-electron chi connectivity index (χ3n) is 2.72. The number of halogens is 1. The van der Waals surface area contributed by atoms with Crippen molar-refractivity contribution in [3.05, 3.63) is 29.8 Å². The highest BCUT2D eigenvalue weighted by Crippen LogP contribution is 2.31.